The first-order valence-corrected chi connectivity index (χ1v) is 12.2. The Morgan fingerprint density at radius 3 is 2.68 bits per heavy atom. The van der Waals surface area contributed by atoms with Crippen LogP contribution in [0.15, 0.2) is 30.6 Å². The van der Waals surface area contributed by atoms with Crippen LogP contribution < -0.4 is 19.7 Å². The second-order valence-corrected chi connectivity index (χ2v) is 10.4. The highest BCUT2D eigenvalue weighted by Gasteiger charge is 2.35. The molecule has 0 spiro atoms. The van der Waals surface area contributed by atoms with Gasteiger partial charge in [-0.3, -0.25) is 4.79 Å². The third-order valence-corrected chi connectivity index (χ3v) is 6.59. The molecule has 1 saturated heterocycles. The third kappa shape index (κ3) is 6.10. The molecule has 9 heteroatoms. The molecular weight excluding hydrogens is 456 g/mol. The van der Waals surface area contributed by atoms with Gasteiger partial charge in [-0.15, -0.1) is 0 Å². The fourth-order valence-corrected chi connectivity index (χ4v) is 4.21. The van der Waals surface area contributed by atoms with E-state index < -0.39 is 5.60 Å². The van der Waals surface area contributed by atoms with Crippen molar-refractivity contribution in [2.24, 2.45) is 5.92 Å². The Kier molecular flexibility index (Phi) is 7.19. The Labute approximate surface area is 205 Å². The molecule has 0 bridgehead atoms. The number of ether oxygens (including phenoxy) is 2. The molecule has 2 fully saturated rings. The zero-order chi connectivity index (χ0) is 24.5. The molecule has 1 aliphatic heterocycles. The predicted molar refractivity (Wildman–Crippen MR) is 131 cm³/mol. The van der Waals surface area contributed by atoms with Gasteiger partial charge in [0.25, 0.3) is 0 Å². The van der Waals surface area contributed by atoms with E-state index in [1.54, 1.807) is 13.8 Å². The molecule has 34 heavy (non-hydrogen) atoms. The summed E-state index contributed by atoms with van der Waals surface area (Å²) in [6.07, 6.45) is 3.28. The summed E-state index contributed by atoms with van der Waals surface area (Å²) in [5, 5.41) is 13.3. The molecule has 1 aromatic carbocycles. The molecule has 4 unspecified atom stereocenters. The Balaban J connectivity index is 1.32. The standard InChI is InChI=1S/C25H33ClN4O4/c1-15-11-20(15)29-23(31)16(2)17-5-7-18(8-6-17)34-19-9-10-30(12-19)22-21(26)24(28-14-27-22)33-13-25(3,4)32/h5-8,14-16,19-20,32H,9-13H2,1-4H3,(H,29,31). The second kappa shape index (κ2) is 9.96. The summed E-state index contributed by atoms with van der Waals surface area (Å²) in [7, 11) is 0. The van der Waals surface area contributed by atoms with Gasteiger partial charge < -0.3 is 24.8 Å². The normalized spacial score (nSPS) is 22.9. The lowest BCUT2D eigenvalue weighted by molar-refractivity contribution is -0.122. The number of aliphatic hydroxyl groups is 1. The maximum absolute atomic E-state index is 12.4. The first-order chi connectivity index (χ1) is 16.1. The molecule has 2 aliphatic rings. The van der Waals surface area contributed by atoms with Gasteiger partial charge in [-0.05, 0) is 50.8 Å². The molecule has 1 amide bonds. The van der Waals surface area contributed by atoms with Crippen molar-refractivity contribution in [3.63, 3.8) is 0 Å². The number of amides is 1. The van der Waals surface area contributed by atoms with Crippen molar-refractivity contribution in [2.75, 3.05) is 24.6 Å². The van der Waals surface area contributed by atoms with E-state index in [1.807, 2.05) is 36.1 Å². The molecule has 1 saturated carbocycles. The molecule has 2 heterocycles. The average molecular weight is 489 g/mol. The van der Waals surface area contributed by atoms with Crippen molar-refractivity contribution < 1.29 is 19.4 Å². The molecule has 4 atom stereocenters. The summed E-state index contributed by atoms with van der Waals surface area (Å²) in [6.45, 7) is 8.82. The van der Waals surface area contributed by atoms with E-state index >= 15 is 0 Å². The van der Waals surface area contributed by atoms with E-state index in [4.69, 9.17) is 21.1 Å². The van der Waals surface area contributed by atoms with Gasteiger partial charge in [0.2, 0.25) is 11.8 Å². The number of carbonyl (C=O) groups is 1. The minimum Gasteiger partial charge on any atom is -0.489 e. The molecule has 2 N–H and O–H groups in total. The molecule has 0 radical (unpaired) electrons. The number of carbonyl (C=O) groups excluding carboxylic acids is 1. The Bertz CT molecular complexity index is 1010. The van der Waals surface area contributed by atoms with E-state index in [0.29, 0.717) is 29.3 Å². The molecular formula is C25H33ClN4O4. The zero-order valence-corrected chi connectivity index (χ0v) is 20.9. The first kappa shape index (κ1) is 24.5. The van der Waals surface area contributed by atoms with E-state index in [-0.39, 0.29) is 30.4 Å². The lowest BCUT2D eigenvalue weighted by Gasteiger charge is -2.21. The zero-order valence-electron chi connectivity index (χ0n) is 20.1. The van der Waals surface area contributed by atoms with Crippen LogP contribution in [-0.2, 0) is 4.79 Å². The molecule has 8 nitrogen and oxygen atoms in total. The molecule has 184 valence electrons. The van der Waals surface area contributed by atoms with Crippen molar-refractivity contribution in [3.8, 4) is 11.6 Å². The maximum Gasteiger partial charge on any atom is 0.238 e. The lowest BCUT2D eigenvalue weighted by Crippen LogP contribution is -2.30. The van der Waals surface area contributed by atoms with Gasteiger partial charge in [0.1, 0.15) is 29.8 Å². The van der Waals surface area contributed by atoms with Gasteiger partial charge in [-0.2, -0.15) is 0 Å². The summed E-state index contributed by atoms with van der Waals surface area (Å²) >= 11 is 6.49. The third-order valence-electron chi connectivity index (χ3n) is 6.26. The van der Waals surface area contributed by atoms with Crippen LogP contribution in [0.5, 0.6) is 11.6 Å². The van der Waals surface area contributed by atoms with Gasteiger partial charge in [0.15, 0.2) is 5.82 Å². The van der Waals surface area contributed by atoms with Gasteiger partial charge in [0, 0.05) is 19.0 Å². The van der Waals surface area contributed by atoms with Crippen LogP contribution in [0.3, 0.4) is 0 Å². The number of hydrogen-bond donors (Lipinski definition) is 2. The molecule has 1 aliphatic carbocycles. The quantitative estimate of drug-likeness (QED) is 0.557. The number of halogens is 1. The van der Waals surface area contributed by atoms with Crippen LogP contribution in [0.25, 0.3) is 0 Å². The summed E-state index contributed by atoms with van der Waals surface area (Å²) in [5.74, 6) is 2.07. The average Bonchev–Trinajstić information content (AvgIpc) is 3.28. The first-order valence-electron chi connectivity index (χ1n) is 11.8. The number of hydrogen-bond acceptors (Lipinski definition) is 7. The fraction of sp³-hybridized carbons (Fsp3) is 0.560. The van der Waals surface area contributed by atoms with Gasteiger partial charge >= 0.3 is 0 Å². The van der Waals surface area contributed by atoms with Crippen molar-refractivity contribution >= 4 is 23.3 Å². The summed E-state index contributed by atoms with van der Waals surface area (Å²) in [6, 6.07) is 8.08. The number of nitrogens with one attached hydrogen (secondary N) is 1. The van der Waals surface area contributed by atoms with Crippen molar-refractivity contribution in [2.45, 2.75) is 64.2 Å². The van der Waals surface area contributed by atoms with Gasteiger partial charge in [0.05, 0.1) is 18.1 Å². The Hall–Kier alpha value is -2.58. The van der Waals surface area contributed by atoms with E-state index in [2.05, 4.69) is 22.2 Å². The topological polar surface area (TPSA) is 96.8 Å². The van der Waals surface area contributed by atoms with Gasteiger partial charge in [-0.1, -0.05) is 30.7 Å². The summed E-state index contributed by atoms with van der Waals surface area (Å²) < 4.78 is 11.8. The minimum absolute atomic E-state index is 0.0188. The summed E-state index contributed by atoms with van der Waals surface area (Å²) in [4.78, 5) is 22.9. The van der Waals surface area contributed by atoms with E-state index in [9.17, 15) is 9.90 Å². The van der Waals surface area contributed by atoms with Crippen molar-refractivity contribution in [1.29, 1.82) is 0 Å². The number of nitrogens with zero attached hydrogens (tertiary/aromatic N) is 3. The van der Waals surface area contributed by atoms with E-state index in [1.165, 1.54) is 6.33 Å². The number of aromatic nitrogens is 2. The number of anilines is 1. The number of rotatable bonds is 9. The van der Waals surface area contributed by atoms with Crippen molar-refractivity contribution in [1.82, 2.24) is 15.3 Å². The van der Waals surface area contributed by atoms with Crippen LogP contribution >= 0.6 is 11.6 Å². The summed E-state index contributed by atoms with van der Waals surface area (Å²) in [5.41, 5.74) is -0.0221. The highest BCUT2D eigenvalue weighted by molar-refractivity contribution is 6.34. The predicted octanol–water partition coefficient (Wildman–Crippen LogP) is 3.57. The van der Waals surface area contributed by atoms with Gasteiger partial charge in [-0.25, -0.2) is 9.97 Å². The molecule has 1 aromatic heterocycles. The fourth-order valence-electron chi connectivity index (χ4n) is 3.94. The van der Waals surface area contributed by atoms with Crippen LogP contribution in [0.1, 0.15) is 52.0 Å². The van der Waals surface area contributed by atoms with Crippen LogP contribution in [0.4, 0.5) is 5.82 Å². The monoisotopic (exact) mass is 488 g/mol. The smallest absolute Gasteiger partial charge is 0.238 e. The minimum atomic E-state index is -0.992. The second-order valence-electron chi connectivity index (χ2n) is 10.0. The highest BCUT2D eigenvalue weighted by atomic mass is 35.5. The van der Waals surface area contributed by atoms with Crippen LogP contribution in [0, 0.1) is 5.92 Å². The Morgan fingerprint density at radius 2 is 2.03 bits per heavy atom. The number of benzene rings is 1. The van der Waals surface area contributed by atoms with Crippen molar-refractivity contribution in [3.05, 3.63) is 41.2 Å². The van der Waals surface area contributed by atoms with Crippen LogP contribution in [-0.4, -0.2) is 58.4 Å². The highest BCUT2D eigenvalue weighted by Crippen LogP contribution is 2.34. The van der Waals surface area contributed by atoms with E-state index in [0.717, 1.165) is 30.7 Å². The maximum atomic E-state index is 12.4. The lowest BCUT2D eigenvalue weighted by atomic mass is 10.0. The SMILES string of the molecule is CC(C(=O)NC1CC1C)c1ccc(OC2CCN(c3ncnc(OCC(C)(C)O)c3Cl)C2)cc1. The Morgan fingerprint density at radius 1 is 1.32 bits per heavy atom. The van der Waals surface area contributed by atoms with Crippen LogP contribution in [0.2, 0.25) is 5.02 Å². The largest absolute Gasteiger partial charge is 0.489 e. The molecule has 4 rings (SSSR count). The molecule has 2 aromatic rings.